The summed E-state index contributed by atoms with van der Waals surface area (Å²) < 4.78 is 5.02. The van der Waals surface area contributed by atoms with E-state index in [1.165, 1.54) is 0 Å². The van der Waals surface area contributed by atoms with E-state index in [1.54, 1.807) is 7.11 Å². The minimum Gasteiger partial charge on any atom is -0.382 e. The molecule has 0 radical (unpaired) electrons. The number of hydrogen-bond acceptors (Lipinski definition) is 2. The molecule has 0 aromatic heterocycles. The molecular formula is C8H15NO. The molecule has 0 bridgehead atoms. The van der Waals surface area contributed by atoms with E-state index in [4.69, 9.17) is 16.9 Å². The Hall–Kier alpha value is -0.520. The SMILES string of the molecule is C#CCC(N)CC(C)OC. The first-order chi connectivity index (χ1) is 4.70. The van der Waals surface area contributed by atoms with Gasteiger partial charge < -0.3 is 10.5 Å². The van der Waals surface area contributed by atoms with Gasteiger partial charge >= 0.3 is 0 Å². The lowest BCUT2D eigenvalue weighted by atomic mass is 10.1. The van der Waals surface area contributed by atoms with Crippen molar-refractivity contribution in [3.63, 3.8) is 0 Å². The summed E-state index contributed by atoms with van der Waals surface area (Å²) in [6.07, 6.45) is 6.75. The van der Waals surface area contributed by atoms with Crippen molar-refractivity contribution in [3.05, 3.63) is 0 Å². The third-order valence-corrected chi connectivity index (χ3v) is 1.42. The average molecular weight is 141 g/mol. The van der Waals surface area contributed by atoms with Gasteiger partial charge in [0.25, 0.3) is 0 Å². The predicted molar refractivity (Wildman–Crippen MR) is 42.5 cm³/mol. The molecule has 0 aliphatic rings. The van der Waals surface area contributed by atoms with E-state index in [0.29, 0.717) is 6.42 Å². The summed E-state index contributed by atoms with van der Waals surface area (Å²) in [5.41, 5.74) is 5.64. The van der Waals surface area contributed by atoms with Crippen LogP contribution in [-0.2, 0) is 4.74 Å². The van der Waals surface area contributed by atoms with E-state index in [2.05, 4.69) is 5.92 Å². The van der Waals surface area contributed by atoms with Gasteiger partial charge in [-0.3, -0.25) is 0 Å². The van der Waals surface area contributed by atoms with Gasteiger partial charge in [-0.1, -0.05) is 0 Å². The van der Waals surface area contributed by atoms with Gasteiger partial charge in [0.2, 0.25) is 0 Å². The maximum Gasteiger partial charge on any atom is 0.0558 e. The van der Waals surface area contributed by atoms with Gasteiger partial charge in [0, 0.05) is 19.6 Å². The van der Waals surface area contributed by atoms with Crippen LogP contribution in [0.25, 0.3) is 0 Å². The lowest BCUT2D eigenvalue weighted by molar-refractivity contribution is 0.105. The zero-order valence-corrected chi connectivity index (χ0v) is 6.63. The van der Waals surface area contributed by atoms with Gasteiger partial charge in [-0.05, 0) is 13.3 Å². The summed E-state index contributed by atoms with van der Waals surface area (Å²) in [4.78, 5) is 0. The average Bonchev–Trinajstić information content (AvgIpc) is 1.88. The maximum absolute atomic E-state index is 5.64. The zero-order chi connectivity index (χ0) is 7.98. The van der Waals surface area contributed by atoms with Gasteiger partial charge in [-0.25, -0.2) is 0 Å². The van der Waals surface area contributed by atoms with Gasteiger partial charge in [-0.15, -0.1) is 12.3 Å². The fraction of sp³-hybridized carbons (Fsp3) is 0.750. The van der Waals surface area contributed by atoms with Crippen molar-refractivity contribution in [3.8, 4) is 12.3 Å². The highest BCUT2D eigenvalue weighted by atomic mass is 16.5. The second-order valence-electron chi connectivity index (χ2n) is 2.45. The Morgan fingerprint density at radius 2 is 2.30 bits per heavy atom. The molecule has 2 atom stereocenters. The standard InChI is InChI=1S/C8H15NO/c1-4-5-8(9)6-7(2)10-3/h1,7-8H,5-6,9H2,2-3H3. The van der Waals surface area contributed by atoms with Crippen molar-refractivity contribution in [1.82, 2.24) is 0 Å². The van der Waals surface area contributed by atoms with Gasteiger partial charge in [-0.2, -0.15) is 0 Å². The molecule has 0 aliphatic heterocycles. The molecule has 0 saturated heterocycles. The molecule has 2 unspecified atom stereocenters. The quantitative estimate of drug-likeness (QED) is 0.587. The first kappa shape index (κ1) is 9.48. The maximum atomic E-state index is 5.64. The second kappa shape index (κ2) is 5.28. The molecule has 2 heteroatoms. The highest BCUT2D eigenvalue weighted by Crippen LogP contribution is 2.00. The lowest BCUT2D eigenvalue weighted by Gasteiger charge is -2.13. The molecule has 58 valence electrons. The Morgan fingerprint density at radius 1 is 1.70 bits per heavy atom. The van der Waals surface area contributed by atoms with E-state index in [0.717, 1.165) is 6.42 Å². The summed E-state index contributed by atoms with van der Waals surface area (Å²) in [6.45, 7) is 1.98. The number of terminal acetylenes is 1. The Balaban J connectivity index is 3.38. The van der Waals surface area contributed by atoms with Crippen LogP contribution >= 0.6 is 0 Å². The smallest absolute Gasteiger partial charge is 0.0558 e. The van der Waals surface area contributed by atoms with Crippen LogP contribution in [0.3, 0.4) is 0 Å². The summed E-state index contributed by atoms with van der Waals surface area (Å²) in [5.74, 6) is 2.52. The Labute approximate surface area is 62.7 Å². The lowest BCUT2D eigenvalue weighted by Crippen LogP contribution is -2.25. The summed E-state index contributed by atoms with van der Waals surface area (Å²) in [6, 6.07) is 0.0833. The normalized spacial score (nSPS) is 15.8. The molecular weight excluding hydrogens is 126 g/mol. The Morgan fingerprint density at radius 3 is 2.70 bits per heavy atom. The molecule has 2 N–H and O–H groups in total. The first-order valence-corrected chi connectivity index (χ1v) is 3.42. The molecule has 0 heterocycles. The third kappa shape index (κ3) is 4.37. The predicted octanol–water partition coefficient (Wildman–Crippen LogP) is 0.762. The van der Waals surface area contributed by atoms with Crippen LogP contribution in [0.1, 0.15) is 19.8 Å². The Kier molecular flexibility index (Phi) is 5.00. The first-order valence-electron chi connectivity index (χ1n) is 3.42. The van der Waals surface area contributed by atoms with E-state index in [1.807, 2.05) is 6.92 Å². The highest BCUT2D eigenvalue weighted by molar-refractivity contribution is 4.88. The number of nitrogens with two attached hydrogens (primary N) is 1. The molecule has 0 rings (SSSR count). The molecule has 0 saturated carbocycles. The van der Waals surface area contributed by atoms with E-state index in [9.17, 15) is 0 Å². The number of rotatable bonds is 4. The largest absolute Gasteiger partial charge is 0.382 e. The summed E-state index contributed by atoms with van der Waals surface area (Å²) in [7, 11) is 1.67. The second-order valence-corrected chi connectivity index (χ2v) is 2.45. The van der Waals surface area contributed by atoms with Crippen LogP contribution in [-0.4, -0.2) is 19.3 Å². The fourth-order valence-electron chi connectivity index (χ4n) is 0.757. The minimum atomic E-state index is 0.0833. The molecule has 10 heavy (non-hydrogen) atoms. The van der Waals surface area contributed by atoms with E-state index < -0.39 is 0 Å². The molecule has 0 fully saturated rings. The molecule has 2 nitrogen and oxygen atoms in total. The van der Waals surface area contributed by atoms with Crippen molar-refractivity contribution in [1.29, 1.82) is 0 Å². The molecule has 0 aromatic rings. The molecule has 0 amide bonds. The third-order valence-electron chi connectivity index (χ3n) is 1.42. The van der Waals surface area contributed by atoms with Crippen LogP contribution in [0.15, 0.2) is 0 Å². The number of hydrogen-bond donors (Lipinski definition) is 1. The summed E-state index contributed by atoms with van der Waals surface area (Å²) >= 11 is 0. The minimum absolute atomic E-state index is 0.0833. The van der Waals surface area contributed by atoms with Crippen LogP contribution in [0.4, 0.5) is 0 Å². The van der Waals surface area contributed by atoms with Crippen molar-refractivity contribution in [2.75, 3.05) is 7.11 Å². The molecule has 0 aliphatic carbocycles. The summed E-state index contributed by atoms with van der Waals surface area (Å²) in [5, 5.41) is 0. The van der Waals surface area contributed by atoms with Gasteiger partial charge in [0.1, 0.15) is 0 Å². The van der Waals surface area contributed by atoms with Crippen LogP contribution in [0.5, 0.6) is 0 Å². The topological polar surface area (TPSA) is 35.2 Å². The van der Waals surface area contributed by atoms with Gasteiger partial charge in [0.05, 0.1) is 6.10 Å². The van der Waals surface area contributed by atoms with Crippen LogP contribution < -0.4 is 5.73 Å². The monoisotopic (exact) mass is 141 g/mol. The van der Waals surface area contributed by atoms with Crippen molar-refractivity contribution < 1.29 is 4.74 Å². The molecule has 0 spiro atoms. The number of ether oxygens (including phenoxy) is 1. The highest BCUT2D eigenvalue weighted by Gasteiger charge is 2.05. The fourth-order valence-corrected chi connectivity index (χ4v) is 0.757. The van der Waals surface area contributed by atoms with Crippen molar-refractivity contribution >= 4 is 0 Å². The van der Waals surface area contributed by atoms with Crippen LogP contribution in [0, 0.1) is 12.3 Å². The molecule has 0 aromatic carbocycles. The van der Waals surface area contributed by atoms with Crippen molar-refractivity contribution in [2.24, 2.45) is 5.73 Å². The van der Waals surface area contributed by atoms with Crippen molar-refractivity contribution in [2.45, 2.75) is 31.9 Å². The van der Waals surface area contributed by atoms with E-state index >= 15 is 0 Å². The number of methoxy groups -OCH3 is 1. The van der Waals surface area contributed by atoms with Crippen LogP contribution in [0.2, 0.25) is 0 Å². The zero-order valence-electron chi connectivity index (χ0n) is 6.63. The Bertz CT molecular complexity index is 117. The van der Waals surface area contributed by atoms with E-state index in [-0.39, 0.29) is 12.1 Å². The van der Waals surface area contributed by atoms with Gasteiger partial charge in [0.15, 0.2) is 0 Å².